The number of guanidine groups is 1. The maximum absolute atomic E-state index is 12.1. The average Bonchev–Trinajstić information content (AvgIpc) is 2.67. The molecule has 0 saturated heterocycles. The zero-order valence-electron chi connectivity index (χ0n) is 16.7. The van der Waals surface area contributed by atoms with Crippen LogP contribution in [-0.2, 0) is 12.8 Å². The lowest BCUT2D eigenvalue weighted by atomic mass is 10.1. The van der Waals surface area contributed by atoms with Crippen molar-refractivity contribution in [1.29, 1.82) is 0 Å². The molecule has 0 saturated carbocycles. The molecule has 2 rings (SSSR count). The van der Waals surface area contributed by atoms with E-state index in [0.29, 0.717) is 0 Å². The molecule has 0 heterocycles. The van der Waals surface area contributed by atoms with Crippen molar-refractivity contribution in [3.63, 3.8) is 0 Å². The van der Waals surface area contributed by atoms with Crippen LogP contribution in [0.15, 0.2) is 53.5 Å². The summed E-state index contributed by atoms with van der Waals surface area (Å²) in [7, 11) is 5.31. The largest absolute Gasteiger partial charge is 0.356 e. The Hall–Kier alpha value is -2.82. The van der Waals surface area contributed by atoms with Crippen LogP contribution in [0, 0.1) is 6.92 Å². The van der Waals surface area contributed by atoms with Crippen molar-refractivity contribution >= 4 is 11.9 Å². The zero-order chi connectivity index (χ0) is 19.6. The Bertz CT molecular complexity index is 766. The van der Waals surface area contributed by atoms with E-state index in [1.807, 2.05) is 24.3 Å². The first-order chi connectivity index (χ1) is 13.0. The Morgan fingerprint density at radius 3 is 2.19 bits per heavy atom. The Morgan fingerprint density at radius 1 is 0.963 bits per heavy atom. The Labute approximate surface area is 162 Å². The topological polar surface area (TPSA) is 56.7 Å². The number of nitrogens with one attached hydrogen (secondary N) is 2. The number of aliphatic imine (C=N–C) groups is 1. The molecule has 144 valence electrons. The molecule has 2 aromatic rings. The second-order valence-electron chi connectivity index (χ2n) is 6.81. The van der Waals surface area contributed by atoms with Gasteiger partial charge in [0, 0.05) is 39.8 Å². The predicted octanol–water partition coefficient (Wildman–Crippen LogP) is 2.65. The molecule has 0 atom stereocenters. The van der Waals surface area contributed by atoms with Crippen LogP contribution in [0.1, 0.15) is 27.0 Å². The maximum Gasteiger partial charge on any atom is 0.253 e. The van der Waals surface area contributed by atoms with Crippen LogP contribution in [0.3, 0.4) is 0 Å². The van der Waals surface area contributed by atoms with E-state index < -0.39 is 0 Å². The van der Waals surface area contributed by atoms with Gasteiger partial charge in [-0.3, -0.25) is 9.79 Å². The third kappa shape index (κ3) is 6.77. The highest BCUT2D eigenvalue weighted by atomic mass is 16.2. The summed E-state index contributed by atoms with van der Waals surface area (Å²) in [6, 6.07) is 16.4. The number of hydrogen-bond acceptors (Lipinski definition) is 2. The van der Waals surface area contributed by atoms with E-state index in [2.05, 4.69) is 46.8 Å². The van der Waals surface area contributed by atoms with Crippen LogP contribution in [-0.4, -0.2) is 51.0 Å². The predicted molar refractivity (Wildman–Crippen MR) is 112 cm³/mol. The minimum Gasteiger partial charge on any atom is -0.356 e. The smallest absolute Gasteiger partial charge is 0.253 e. The van der Waals surface area contributed by atoms with Gasteiger partial charge in [0.1, 0.15) is 0 Å². The second-order valence-corrected chi connectivity index (χ2v) is 6.81. The maximum atomic E-state index is 12.1. The minimum absolute atomic E-state index is 0.0263. The summed E-state index contributed by atoms with van der Waals surface area (Å²) >= 11 is 0. The van der Waals surface area contributed by atoms with Gasteiger partial charge in [0.15, 0.2) is 5.96 Å². The molecular weight excluding hydrogens is 336 g/mol. The average molecular weight is 367 g/mol. The first-order valence-corrected chi connectivity index (χ1v) is 9.30. The number of hydrogen-bond donors (Lipinski definition) is 2. The third-order valence-electron chi connectivity index (χ3n) is 4.34. The lowest BCUT2D eigenvalue weighted by Crippen LogP contribution is -2.39. The van der Waals surface area contributed by atoms with E-state index in [4.69, 9.17) is 0 Å². The minimum atomic E-state index is 0.0263. The quantitative estimate of drug-likeness (QED) is 0.585. The van der Waals surface area contributed by atoms with E-state index in [-0.39, 0.29) is 5.91 Å². The van der Waals surface area contributed by atoms with E-state index in [9.17, 15) is 4.79 Å². The van der Waals surface area contributed by atoms with E-state index in [1.54, 1.807) is 26.0 Å². The highest BCUT2D eigenvalue weighted by Gasteiger charge is 2.08. The molecule has 5 heteroatoms. The summed E-state index contributed by atoms with van der Waals surface area (Å²) in [5, 5.41) is 6.67. The number of aryl methyl sites for hydroxylation is 1. The molecule has 0 aliphatic rings. The number of nitrogens with zero attached hydrogens (tertiary/aromatic N) is 2. The monoisotopic (exact) mass is 366 g/mol. The lowest BCUT2D eigenvalue weighted by molar-refractivity contribution is 0.0827. The van der Waals surface area contributed by atoms with Gasteiger partial charge < -0.3 is 15.5 Å². The van der Waals surface area contributed by atoms with Crippen LogP contribution >= 0.6 is 0 Å². The van der Waals surface area contributed by atoms with Gasteiger partial charge in [0.25, 0.3) is 5.91 Å². The van der Waals surface area contributed by atoms with Gasteiger partial charge in [-0.2, -0.15) is 0 Å². The molecule has 0 radical (unpaired) electrons. The standard InChI is InChI=1S/C22H30N4O/c1-17-8-10-18(11-9-17)12-14-24-22(23-2)25-15-13-19-6-5-7-20(16-19)21(27)26(3)4/h5-11,16H,12-15H2,1-4H3,(H2,23,24,25). The summed E-state index contributed by atoms with van der Waals surface area (Å²) in [4.78, 5) is 17.9. The van der Waals surface area contributed by atoms with Crippen molar-refractivity contribution in [3.05, 3.63) is 70.8 Å². The van der Waals surface area contributed by atoms with Crippen molar-refractivity contribution in [1.82, 2.24) is 15.5 Å². The van der Waals surface area contributed by atoms with Gasteiger partial charge in [-0.25, -0.2) is 0 Å². The molecule has 0 aromatic heterocycles. The summed E-state index contributed by atoms with van der Waals surface area (Å²) < 4.78 is 0. The van der Waals surface area contributed by atoms with Crippen molar-refractivity contribution in [2.75, 3.05) is 34.2 Å². The fourth-order valence-electron chi connectivity index (χ4n) is 2.74. The molecule has 0 bridgehead atoms. The van der Waals surface area contributed by atoms with Gasteiger partial charge in [0.05, 0.1) is 0 Å². The molecule has 0 unspecified atom stereocenters. The highest BCUT2D eigenvalue weighted by Crippen LogP contribution is 2.08. The van der Waals surface area contributed by atoms with E-state index in [0.717, 1.165) is 43.0 Å². The highest BCUT2D eigenvalue weighted by molar-refractivity contribution is 5.94. The first kappa shape index (κ1) is 20.5. The molecule has 2 aromatic carbocycles. The first-order valence-electron chi connectivity index (χ1n) is 9.30. The molecule has 27 heavy (non-hydrogen) atoms. The van der Waals surface area contributed by atoms with Gasteiger partial charge in [0.2, 0.25) is 0 Å². The summed E-state index contributed by atoms with van der Waals surface area (Å²) in [5.74, 6) is 0.820. The summed E-state index contributed by atoms with van der Waals surface area (Å²) in [6.45, 7) is 3.68. The Kier molecular flexibility index (Phi) is 7.86. The molecule has 5 nitrogen and oxygen atoms in total. The molecule has 0 aliphatic carbocycles. The summed E-state index contributed by atoms with van der Waals surface area (Å²) in [5.41, 5.74) is 4.44. The Balaban J connectivity index is 1.77. The third-order valence-corrected chi connectivity index (χ3v) is 4.34. The van der Waals surface area contributed by atoms with Crippen LogP contribution in [0.2, 0.25) is 0 Å². The molecule has 0 spiro atoms. The van der Waals surface area contributed by atoms with Gasteiger partial charge in [-0.05, 0) is 43.0 Å². The summed E-state index contributed by atoms with van der Waals surface area (Å²) in [6.07, 6.45) is 1.78. The van der Waals surface area contributed by atoms with Crippen molar-refractivity contribution in [3.8, 4) is 0 Å². The normalized spacial score (nSPS) is 11.2. The van der Waals surface area contributed by atoms with Crippen LogP contribution in [0.5, 0.6) is 0 Å². The molecule has 2 N–H and O–H groups in total. The SMILES string of the molecule is CN=C(NCCc1ccc(C)cc1)NCCc1cccc(C(=O)N(C)C)c1. The van der Waals surface area contributed by atoms with E-state index >= 15 is 0 Å². The fraction of sp³-hybridized carbons (Fsp3) is 0.364. The molecule has 0 fully saturated rings. The number of rotatable bonds is 7. The fourth-order valence-corrected chi connectivity index (χ4v) is 2.74. The molecular formula is C22H30N4O. The van der Waals surface area contributed by atoms with Crippen LogP contribution < -0.4 is 10.6 Å². The zero-order valence-corrected chi connectivity index (χ0v) is 16.7. The van der Waals surface area contributed by atoms with Crippen molar-refractivity contribution in [2.24, 2.45) is 4.99 Å². The van der Waals surface area contributed by atoms with Crippen molar-refractivity contribution in [2.45, 2.75) is 19.8 Å². The van der Waals surface area contributed by atoms with Crippen LogP contribution in [0.25, 0.3) is 0 Å². The van der Waals surface area contributed by atoms with Crippen LogP contribution in [0.4, 0.5) is 0 Å². The number of amides is 1. The Morgan fingerprint density at radius 2 is 1.59 bits per heavy atom. The second kappa shape index (κ2) is 10.4. The molecule has 1 amide bonds. The number of carbonyl (C=O) groups excluding carboxylic acids is 1. The van der Waals surface area contributed by atoms with Crippen molar-refractivity contribution < 1.29 is 4.79 Å². The van der Waals surface area contributed by atoms with Gasteiger partial charge in [-0.15, -0.1) is 0 Å². The van der Waals surface area contributed by atoms with Gasteiger partial charge >= 0.3 is 0 Å². The van der Waals surface area contributed by atoms with Gasteiger partial charge in [-0.1, -0.05) is 42.0 Å². The lowest BCUT2D eigenvalue weighted by Gasteiger charge is -2.13. The number of benzene rings is 2. The van der Waals surface area contributed by atoms with E-state index in [1.165, 1.54) is 11.1 Å². The molecule has 0 aliphatic heterocycles. The number of carbonyl (C=O) groups is 1.